The molecule has 0 radical (unpaired) electrons. The van der Waals surface area contributed by atoms with E-state index in [4.69, 9.17) is 4.74 Å². The van der Waals surface area contributed by atoms with Crippen LogP contribution < -0.4 is 16.2 Å². The normalized spacial score (nSPS) is 14.8. The molecule has 39 heavy (non-hydrogen) atoms. The van der Waals surface area contributed by atoms with Crippen LogP contribution in [0, 0.1) is 5.82 Å². The molecule has 1 fully saturated rings. The van der Waals surface area contributed by atoms with Crippen LogP contribution in [0.2, 0.25) is 0 Å². The number of para-hydroxylation sites is 1. The highest BCUT2D eigenvalue weighted by molar-refractivity contribution is 7.99. The minimum atomic E-state index is -0.390. The third-order valence-corrected chi connectivity index (χ3v) is 7.33. The summed E-state index contributed by atoms with van der Waals surface area (Å²) in [6.45, 7) is 1.43. The van der Waals surface area contributed by atoms with Gasteiger partial charge in [0.15, 0.2) is 5.16 Å². The number of carbonyl (C=O) groups excluding carboxylic acids is 2. The van der Waals surface area contributed by atoms with Crippen molar-refractivity contribution in [3.8, 4) is 0 Å². The summed E-state index contributed by atoms with van der Waals surface area (Å²) in [6, 6.07) is 19.6. The highest BCUT2D eigenvalue weighted by Gasteiger charge is 2.17. The smallest absolute Gasteiger partial charge is 0.262 e. The predicted molar refractivity (Wildman–Crippen MR) is 149 cm³/mol. The molecule has 10 heteroatoms. The van der Waals surface area contributed by atoms with E-state index < -0.39 is 0 Å². The van der Waals surface area contributed by atoms with Gasteiger partial charge in [-0.1, -0.05) is 36.0 Å². The van der Waals surface area contributed by atoms with E-state index in [2.05, 4.69) is 15.6 Å². The average molecular weight is 547 g/mol. The van der Waals surface area contributed by atoms with Gasteiger partial charge in [-0.3, -0.25) is 19.0 Å². The van der Waals surface area contributed by atoms with Crippen molar-refractivity contribution in [3.63, 3.8) is 0 Å². The van der Waals surface area contributed by atoms with E-state index in [9.17, 15) is 18.8 Å². The fraction of sp³-hybridized carbons (Fsp3) is 0.241. The molecule has 5 rings (SSSR count). The molecule has 200 valence electrons. The lowest BCUT2D eigenvalue weighted by molar-refractivity contribution is -0.113. The number of hydrogen-bond donors (Lipinski definition) is 2. The van der Waals surface area contributed by atoms with Crippen LogP contribution in [0.3, 0.4) is 0 Å². The second-order valence-corrected chi connectivity index (χ2v) is 10.1. The molecule has 4 aromatic rings. The van der Waals surface area contributed by atoms with Crippen LogP contribution in [0.1, 0.15) is 28.8 Å². The molecule has 2 heterocycles. The zero-order valence-electron chi connectivity index (χ0n) is 21.1. The Labute approximate surface area is 228 Å². The summed E-state index contributed by atoms with van der Waals surface area (Å²) < 4.78 is 20.2. The Kier molecular flexibility index (Phi) is 8.33. The molecule has 8 nitrogen and oxygen atoms in total. The highest BCUT2D eigenvalue weighted by Crippen LogP contribution is 2.20. The van der Waals surface area contributed by atoms with E-state index in [0.29, 0.717) is 33.9 Å². The van der Waals surface area contributed by atoms with Crippen molar-refractivity contribution in [2.75, 3.05) is 24.2 Å². The van der Waals surface area contributed by atoms with Crippen LogP contribution in [0.5, 0.6) is 0 Å². The van der Waals surface area contributed by atoms with Gasteiger partial charge in [0.1, 0.15) is 5.82 Å². The third-order valence-electron chi connectivity index (χ3n) is 6.36. The quantitative estimate of drug-likeness (QED) is 0.241. The van der Waals surface area contributed by atoms with Gasteiger partial charge in [0.05, 0.1) is 29.3 Å². The highest BCUT2D eigenvalue weighted by atomic mass is 32.2. The maximum absolute atomic E-state index is 13.4. The van der Waals surface area contributed by atoms with Crippen molar-refractivity contribution in [2.45, 2.75) is 30.6 Å². The number of amides is 2. The first-order chi connectivity index (χ1) is 19.0. The summed E-state index contributed by atoms with van der Waals surface area (Å²) >= 11 is 1.14. The van der Waals surface area contributed by atoms with E-state index in [1.165, 1.54) is 28.8 Å². The lowest BCUT2D eigenvalue weighted by Crippen LogP contribution is -2.31. The first-order valence-corrected chi connectivity index (χ1v) is 13.6. The molecule has 0 saturated carbocycles. The minimum absolute atomic E-state index is 0.00593. The number of thioether (sulfide) groups is 1. The van der Waals surface area contributed by atoms with Gasteiger partial charge >= 0.3 is 0 Å². The Morgan fingerprint density at radius 2 is 1.82 bits per heavy atom. The molecule has 0 bridgehead atoms. The van der Waals surface area contributed by atoms with E-state index in [-0.39, 0.29) is 41.6 Å². The number of rotatable bonds is 9. The van der Waals surface area contributed by atoms with Crippen molar-refractivity contribution >= 4 is 40.2 Å². The van der Waals surface area contributed by atoms with E-state index >= 15 is 0 Å². The van der Waals surface area contributed by atoms with Crippen molar-refractivity contribution in [2.24, 2.45) is 0 Å². The second-order valence-electron chi connectivity index (χ2n) is 9.19. The van der Waals surface area contributed by atoms with Crippen molar-refractivity contribution in [1.82, 2.24) is 14.9 Å². The van der Waals surface area contributed by atoms with Crippen LogP contribution in [-0.4, -0.2) is 46.4 Å². The van der Waals surface area contributed by atoms with Crippen LogP contribution in [0.15, 0.2) is 82.7 Å². The molecule has 2 N–H and O–H groups in total. The number of ether oxygens (including phenoxy) is 1. The van der Waals surface area contributed by atoms with Crippen LogP contribution in [-0.2, 0) is 16.1 Å². The summed E-state index contributed by atoms with van der Waals surface area (Å²) in [6.07, 6.45) is 2.02. The summed E-state index contributed by atoms with van der Waals surface area (Å²) in [7, 11) is 0. The molecule has 0 unspecified atom stereocenters. The first-order valence-electron chi connectivity index (χ1n) is 12.6. The molecule has 3 aromatic carbocycles. The number of carbonyl (C=O) groups is 2. The number of halogens is 1. The van der Waals surface area contributed by atoms with Gasteiger partial charge in [0, 0.05) is 24.4 Å². The van der Waals surface area contributed by atoms with Crippen molar-refractivity contribution < 1.29 is 18.7 Å². The lowest BCUT2D eigenvalue weighted by Gasteiger charge is -2.14. The number of nitrogens with zero attached hydrogens (tertiary/aromatic N) is 2. The number of nitrogens with one attached hydrogen (secondary N) is 2. The molecule has 1 saturated heterocycles. The number of aromatic nitrogens is 2. The molecule has 1 aromatic heterocycles. The minimum Gasteiger partial charge on any atom is -0.376 e. The average Bonchev–Trinajstić information content (AvgIpc) is 3.48. The largest absolute Gasteiger partial charge is 0.376 e. The molecule has 2 amide bonds. The van der Waals surface area contributed by atoms with E-state index in [0.717, 1.165) is 36.8 Å². The van der Waals surface area contributed by atoms with Gasteiger partial charge in [-0.2, -0.15) is 0 Å². The summed E-state index contributed by atoms with van der Waals surface area (Å²) in [5, 5.41) is 6.49. The summed E-state index contributed by atoms with van der Waals surface area (Å²) in [5.74, 6) is -0.866. The maximum atomic E-state index is 13.4. The molecule has 1 aliphatic heterocycles. The summed E-state index contributed by atoms with van der Waals surface area (Å²) in [5.41, 5.74) is 2.12. The zero-order chi connectivity index (χ0) is 27.2. The number of hydrogen-bond acceptors (Lipinski definition) is 6. The van der Waals surface area contributed by atoms with Crippen molar-refractivity contribution in [1.29, 1.82) is 0 Å². The molecule has 1 atom stereocenters. The molecule has 1 aliphatic rings. The van der Waals surface area contributed by atoms with Gasteiger partial charge < -0.3 is 15.4 Å². The van der Waals surface area contributed by atoms with Crippen LogP contribution in [0.4, 0.5) is 10.1 Å². The Morgan fingerprint density at radius 1 is 1.05 bits per heavy atom. The molecule has 0 spiro atoms. The fourth-order valence-electron chi connectivity index (χ4n) is 4.32. The fourth-order valence-corrected chi connectivity index (χ4v) is 5.11. The van der Waals surface area contributed by atoms with Crippen LogP contribution in [0.25, 0.3) is 10.9 Å². The number of benzene rings is 3. The van der Waals surface area contributed by atoms with Gasteiger partial charge in [-0.15, -0.1) is 0 Å². The number of fused-ring (bicyclic) bond motifs is 1. The predicted octanol–water partition coefficient (Wildman–Crippen LogP) is 4.22. The van der Waals surface area contributed by atoms with Crippen LogP contribution >= 0.6 is 11.8 Å². The maximum Gasteiger partial charge on any atom is 0.262 e. The Hall–Kier alpha value is -4.02. The van der Waals surface area contributed by atoms with E-state index in [1.807, 2.05) is 0 Å². The Morgan fingerprint density at radius 3 is 2.56 bits per heavy atom. The van der Waals surface area contributed by atoms with Gasteiger partial charge in [-0.25, -0.2) is 9.37 Å². The van der Waals surface area contributed by atoms with Crippen molar-refractivity contribution in [3.05, 3.63) is 100 Å². The first kappa shape index (κ1) is 26.6. The topological polar surface area (TPSA) is 102 Å². The Balaban J connectivity index is 1.31. The third kappa shape index (κ3) is 6.71. The zero-order valence-corrected chi connectivity index (χ0v) is 21.9. The monoisotopic (exact) mass is 546 g/mol. The van der Waals surface area contributed by atoms with Gasteiger partial charge in [-0.05, 0) is 66.9 Å². The lowest BCUT2D eigenvalue weighted by atomic mass is 10.1. The number of anilines is 1. The SMILES string of the molecule is O=C(CSc1nc2ccccc2c(=O)n1Cc1ccc(C(=O)NC[C@@H]2CCCO2)cc1)Nc1ccc(F)cc1. The van der Waals surface area contributed by atoms with Gasteiger partial charge in [0.2, 0.25) is 5.91 Å². The molecular formula is C29H27FN4O4S. The Bertz CT molecular complexity index is 1530. The second kappa shape index (κ2) is 12.2. The van der Waals surface area contributed by atoms with Gasteiger partial charge in [0.25, 0.3) is 11.5 Å². The standard InChI is InChI=1S/C29H27FN4O4S/c30-21-11-13-22(14-12-21)32-26(35)18-39-29-33-25-6-2-1-5-24(25)28(37)34(29)17-19-7-9-20(10-8-19)27(36)31-16-23-4-3-15-38-23/h1-2,5-14,23H,3-4,15-18H2,(H,31,36)(H,32,35)/t23-/m0/s1. The summed E-state index contributed by atoms with van der Waals surface area (Å²) in [4.78, 5) is 43.1. The van der Waals surface area contributed by atoms with E-state index in [1.54, 1.807) is 48.5 Å². The molecule has 0 aliphatic carbocycles. The molecular weight excluding hydrogens is 519 g/mol.